The van der Waals surface area contributed by atoms with Crippen molar-refractivity contribution in [2.24, 2.45) is 7.05 Å². The molecule has 0 bridgehead atoms. The van der Waals surface area contributed by atoms with E-state index in [-0.39, 0.29) is 17.9 Å². The summed E-state index contributed by atoms with van der Waals surface area (Å²) in [5.41, 5.74) is 2.79. The Labute approximate surface area is 171 Å². The van der Waals surface area contributed by atoms with Crippen molar-refractivity contribution in [1.29, 1.82) is 0 Å². The molecule has 0 aliphatic heterocycles. The highest BCUT2D eigenvalue weighted by atomic mass is 16.1. The molecule has 0 spiro atoms. The van der Waals surface area contributed by atoms with Crippen LogP contribution in [0.1, 0.15) is 30.7 Å². The van der Waals surface area contributed by atoms with Crippen LogP contribution in [0.15, 0.2) is 53.3 Å². The van der Waals surface area contributed by atoms with E-state index in [0.29, 0.717) is 17.6 Å². The van der Waals surface area contributed by atoms with Gasteiger partial charge in [0.1, 0.15) is 0 Å². The second-order valence-electron chi connectivity index (χ2n) is 7.10. The largest absolute Gasteiger partial charge is 0.352 e. The summed E-state index contributed by atoms with van der Waals surface area (Å²) in [7, 11) is 1.61. The van der Waals surface area contributed by atoms with Gasteiger partial charge in [-0.05, 0) is 30.3 Å². The molecular weight excluding hydrogens is 364 g/mol. The third-order valence-corrected chi connectivity index (χ3v) is 5.24. The summed E-state index contributed by atoms with van der Waals surface area (Å²) in [6, 6.07) is 15.5. The average molecular weight is 393 g/mol. The average Bonchev–Trinajstić information content (AvgIpc) is 2.75. The summed E-state index contributed by atoms with van der Waals surface area (Å²) < 4.78 is 1.30. The topological polar surface area (TPSA) is 67.2 Å². The van der Waals surface area contributed by atoms with Gasteiger partial charge in [0.15, 0.2) is 0 Å². The van der Waals surface area contributed by atoms with Gasteiger partial charge in [-0.25, -0.2) is 4.68 Å². The molecule has 0 unspecified atom stereocenters. The molecule has 0 atom stereocenters. The van der Waals surface area contributed by atoms with Gasteiger partial charge in [-0.15, -0.1) is 0 Å². The Bertz CT molecular complexity index is 1050. The van der Waals surface area contributed by atoms with Crippen LogP contribution >= 0.6 is 0 Å². The van der Waals surface area contributed by atoms with E-state index in [1.165, 1.54) is 10.2 Å². The van der Waals surface area contributed by atoms with E-state index >= 15 is 0 Å². The lowest BCUT2D eigenvalue weighted by molar-refractivity contribution is -0.120. The predicted octanol–water partition coefficient (Wildman–Crippen LogP) is 2.63. The number of rotatable bonds is 8. The van der Waals surface area contributed by atoms with Gasteiger partial charge in [-0.3, -0.25) is 14.5 Å². The first-order valence-electron chi connectivity index (χ1n) is 10.0. The van der Waals surface area contributed by atoms with Gasteiger partial charge < -0.3 is 5.32 Å². The molecule has 6 nitrogen and oxygen atoms in total. The van der Waals surface area contributed by atoms with Gasteiger partial charge in [0.25, 0.3) is 5.56 Å². The smallest absolute Gasteiger partial charge is 0.274 e. The van der Waals surface area contributed by atoms with Crippen LogP contribution in [-0.4, -0.2) is 33.7 Å². The summed E-state index contributed by atoms with van der Waals surface area (Å²) in [4.78, 5) is 27.2. The minimum atomic E-state index is -0.157. The molecule has 1 heterocycles. The van der Waals surface area contributed by atoms with Gasteiger partial charge in [0.2, 0.25) is 5.91 Å². The molecule has 3 aromatic rings. The number of benzene rings is 2. The second kappa shape index (κ2) is 9.47. The first-order chi connectivity index (χ1) is 14.0. The molecule has 1 amide bonds. The van der Waals surface area contributed by atoms with Crippen molar-refractivity contribution in [3.8, 4) is 0 Å². The molecule has 0 radical (unpaired) electrons. The number of amides is 1. The van der Waals surface area contributed by atoms with Crippen molar-refractivity contribution in [2.45, 2.75) is 33.4 Å². The number of nitrogens with zero attached hydrogens (tertiary/aromatic N) is 3. The number of carbonyl (C=O) groups is 1. The van der Waals surface area contributed by atoms with E-state index in [2.05, 4.69) is 41.3 Å². The monoisotopic (exact) mass is 392 g/mol. The van der Waals surface area contributed by atoms with Crippen LogP contribution < -0.4 is 10.9 Å². The number of aryl methyl sites for hydroxylation is 1. The SMILES string of the molecule is CCN(CC)Cc1ccccc1CNC(=O)Cc1nn(C)c(=O)c2ccccc12. The van der Waals surface area contributed by atoms with Gasteiger partial charge in [0.05, 0.1) is 17.5 Å². The van der Waals surface area contributed by atoms with E-state index in [9.17, 15) is 9.59 Å². The van der Waals surface area contributed by atoms with E-state index in [0.717, 1.165) is 30.6 Å². The predicted molar refractivity (Wildman–Crippen MR) is 116 cm³/mol. The van der Waals surface area contributed by atoms with Crippen LogP contribution in [-0.2, 0) is 31.4 Å². The van der Waals surface area contributed by atoms with E-state index in [1.54, 1.807) is 13.1 Å². The molecule has 152 valence electrons. The standard InChI is InChI=1S/C23H28N4O2/c1-4-27(5-2)16-18-11-7-6-10-17(18)15-24-22(28)14-21-19-12-8-9-13-20(19)23(29)26(3)25-21/h6-13H,4-5,14-16H2,1-3H3,(H,24,28). The Hall–Kier alpha value is -2.99. The highest BCUT2D eigenvalue weighted by Crippen LogP contribution is 2.14. The first kappa shape index (κ1) is 20.7. The lowest BCUT2D eigenvalue weighted by Gasteiger charge is -2.20. The van der Waals surface area contributed by atoms with Crippen molar-refractivity contribution >= 4 is 16.7 Å². The maximum absolute atomic E-state index is 12.6. The second-order valence-corrected chi connectivity index (χ2v) is 7.10. The minimum absolute atomic E-state index is 0.112. The summed E-state index contributed by atoms with van der Waals surface area (Å²) in [5, 5.41) is 8.63. The van der Waals surface area contributed by atoms with Gasteiger partial charge >= 0.3 is 0 Å². The molecule has 1 N–H and O–H groups in total. The highest BCUT2D eigenvalue weighted by molar-refractivity contribution is 5.88. The normalized spacial score (nSPS) is 11.2. The van der Waals surface area contributed by atoms with Gasteiger partial charge in [0, 0.05) is 25.5 Å². The van der Waals surface area contributed by atoms with Crippen LogP contribution in [0.5, 0.6) is 0 Å². The third-order valence-electron chi connectivity index (χ3n) is 5.24. The zero-order valence-corrected chi connectivity index (χ0v) is 17.3. The van der Waals surface area contributed by atoms with Crippen molar-refractivity contribution < 1.29 is 4.79 Å². The molecule has 0 saturated carbocycles. The summed E-state index contributed by atoms with van der Waals surface area (Å²) in [6.07, 6.45) is 0.132. The van der Waals surface area contributed by atoms with Crippen molar-refractivity contribution in [1.82, 2.24) is 20.0 Å². The molecule has 0 saturated heterocycles. The maximum atomic E-state index is 12.6. The van der Waals surface area contributed by atoms with E-state index in [1.807, 2.05) is 30.3 Å². The Balaban J connectivity index is 1.73. The van der Waals surface area contributed by atoms with Gasteiger partial charge in [-0.2, -0.15) is 5.10 Å². The van der Waals surface area contributed by atoms with Crippen LogP contribution in [0.3, 0.4) is 0 Å². The zero-order chi connectivity index (χ0) is 20.8. The number of fused-ring (bicyclic) bond motifs is 1. The molecule has 0 aliphatic carbocycles. The number of carbonyl (C=O) groups excluding carboxylic acids is 1. The molecule has 6 heteroatoms. The molecule has 2 aromatic carbocycles. The molecular formula is C23H28N4O2. The number of aromatic nitrogens is 2. The number of hydrogen-bond acceptors (Lipinski definition) is 4. The van der Waals surface area contributed by atoms with Crippen LogP contribution in [0.2, 0.25) is 0 Å². The molecule has 0 aliphatic rings. The Morgan fingerprint density at radius 3 is 2.31 bits per heavy atom. The fourth-order valence-corrected chi connectivity index (χ4v) is 3.49. The molecule has 0 fully saturated rings. The fraction of sp³-hybridized carbons (Fsp3) is 0.348. The van der Waals surface area contributed by atoms with E-state index < -0.39 is 0 Å². The lowest BCUT2D eigenvalue weighted by Crippen LogP contribution is -2.28. The molecule has 3 rings (SSSR count). The Kier molecular flexibility index (Phi) is 6.77. The highest BCUT2D eigenvalue weighted by Gasteiger charge is 2.13. The Morgan fingerprint density at radius 2 is 1.62 bits per heavy atom. The zero-order valence-electron chi connectivity index (χ0n) is 17.3. The molecule has 1 aromatic heterocycles. The van der Waals surface area contributed by atoms with Crippen molar-refractivity contribution in [3.05, 3.63) is 75.7 Å². The quantitative estimate of drug-likeness (QED) is 0.640. The number of hydrogen-bond donors (Lipinski definition) is 1. The number of nitrogens with one attached hydrogen (secondary N) is 1. The maximum Gasteiger partial charge on any atom is 0.274 e. The van der Waals surface area contributed by atoms with Crippen LogP contribution in [0, 0.1) is 0 Å². The van der Waals surface area contributed by atoms with Crippen molar-refractivity contribution in [3.63, 3.8) is 0 Å². The summed E-state index contributed by atoms with van der Waals surface area (Å²) in [6.45, 7) is 7.62. The first-order valence-corrected chi connectivity index (χ1v) is 10.0. The van der Waals surface area contributed by atoms with Crippen LogP contribution in [0.25, 0.3) is 10.8 Å². The summed E-state index contributed by atoms with van der Waals surface area (Å²) in [5.74, 6) is -0.112. The summed E-state index contributed by atoms with van der Waals surface area (Å²) >= 11 is 0. The van der Waals surface area contributed by atoms with Crippen LogP contribution in [0.4, 0.5) is 0 Å². The third kappa shape index (κ3) is 4.90. The Morgan fingerprint density at radius 1 is 1.00 bits per heavy atom. The van der Waals surface area contributed by atoms with Gasteiger partial charge in [-0.1, -0.05) is 56.3 Å². The minimum Gasteiger partial charge on any atom is -0.352 e. The molecule has 29 heavy (non-hydrogen) atoms. The van der Waals surface area contributed by atoms with E-state index in [4.69, 9.17) is 0 Å². The van der Waals surface area contributed by atoms with Crippen molar-refractivity contribution in [2.75, 3.05) is 13.1 Å². The lowest BCUT2D eigenvalue weighted by atomic mass is 10.1. The fourth-order valence-electron chi connectivity index (χ4n) is 3.49.